The second-order valence-electron chi connectivity index (χ2n) is 7.06. The van der Waals surface area contributed by atoms with Crippen LogP contribution in [-0.4, -0.2) is 55.0 Å². The summed E-state index contributed by atoms with van der Waals surface area (Å²) in [5.74, 6) is 1.62. The maximum Gasteiger partial charge on any atom is 0.231 e. The van der Waals surface area contributed by atoms with E-state index in [0.717, 1.165) is 53.9 Å². The monoisotopic (exact) mass is 427 g/mol. The molecular weight excluding hydrogens is 406 g/mol. The van der Waals surface area contributed by atoms with E-state index in [1.54, 1.807) is 23.1 Å². The molecule has 0 N–H and O–H groups in total. The fourth-order valence-corrected chi connectivity index (χ4v) is 5.21. The minimum absolute atomic E-state index is 0.150. The quantitative estimate of drug-likeness (QED) is 0.593. The van der Waals surface area contributed by atoms with Crippen molar-refractivity contribution >= 4 is 44.4 Å². The molecule has 29 heavy (non-hydrogen) atoms. The second-order valence-corrected chi connectivity index (χ2v) is 8.95. The topological polar surface area (TPSA) is 54.9 Å². The van der Waals surface area contributed by atoms with Gasteiger partial charge in [-0.1, -0.05) is 17.4 Å². The van der Waals surface area contributed by atoms with Gasteiger partial charge in [-0.25, -0.2) is 4.98 Å². The highest BCUT2D eigenvalue weighted by molar-refractivity contribution is 7.98. The van der Waals surface area contributed by atoms with E-state index in [2.05, 4.69) is 29.4 Å². The molecule has 150 valence electrons. The number of thioether (sulfide) groups is 1. The van der Waals surface area contributed by atoms with Gasteiger partial charge < -0.3 is 19.3 Å². The minimum Gasteiger partial charge on any atom is -0.454 e. The zero-order valence-electron chi connectivity index (χ0n) is 16.1. The number of rotatable bonds is 4. The van der Waals surface area contributed by atoms with Crippen LogP contribution in [0.1, 0.15) is 5.56 Å². The lowest BCUT2D eigenvalue weighted by molar-refractivity contribution is -0.130. The predicted molar refractivity (Wildman–Crippen MR) is 116 cm³/mol. The van der Waals surface area contributed by atoms with Gasteiger partial charge in [-0.05, 0) is 42.2 Å². The molecule has 1 saturated heterocycles. The van der Waals surface area contributed by atoms with E-state index in [1.165, 1.54) is 9.60 Å². The Morgan fingerprint density at radius 1 is 1.10 bits per heavy atom. The van der Waals surface area contributed by atoms with Gasteiger partial charge in [0.05, 0.1) is 16.6 Å². The number of amides is 1. The first-order valence-electron chi connectivity index (χ1n) is 9.55. The van der Waals surface area contributed by atoms with Crippen LogP contribution in [0.3, 0.4) is 0 Å². The Morgan fingerprint density at radius 3 is 2.76 bits per heavy atom. The predicted octanol–water partition coefficient (Wildman–Crippen LogP) is 3.64. The normalized spacial score (nSPS) is 15.9. The summed E-state index contributed by atoms with van der Waals surface area (Å²) < 4.78 is 12.0. The molecule has 8 heteroatoms. The lowest BCUT2D eigenvalue weighted by Crippen LogP contribution is -2.49. The molecule has 2 aromatic carbocycles. The summed E-state index contributed by atoms with van der Waals surface area (Å²) in [6, 6.07) is 12.1. The third-order valence-corrected chi connectivity index (χ3v) is 7.08. The van der Waals surface area contributed by atoms with Gasteiger partial charge in [0.2, 0.25) is 12.7 Å². The third-order valence-electron chi connectivity index (χ3n) is 5.28. The molecule has 3 heterocycles. The van der Waals surface area contributed by atoms with Crippen LogP contribution in [-0.2, 0) is 11.2 Å². The Kier molecular flexibility index (Phi) is 4.97. The van der Waals surface area contributed by atoms with Gasteiger partial charge in [0.25, 0.3) is 0 Å². The molecular formula is C21H21N3O3S2. The smallest absolute Gasteiger partial charge is 0.231 e. The lowest BCUT2D eigenvalue weighted by atomic mass is 10.1. The molecule has 6 nitrogen and oxygen atoms in total. The third kappa shape index (κ3) is 3.74. The van der Waals surface area contributed by atoms with Crippen LogP contribution in [0.4, 0.5) is 5.13 Å². The van der Waals surface area contributed by atoms with Gasteiger partial charge in [0.15, 0.2) is 16.6 Å². The van der Waals surface area contributed by atoms with Crippen molar-refractivity contribution in [2.45, 2.75) is 11.3 Å². The number of benzene rings is 2. The highest BCUT2D eigenvalue weighted by Crippen LogP contribution is 2.33. The van der Waals surface area contributed by atoms with Crippen LogP contribution in [0.2, 0.25) is 0 Å². The van der Waals surface area contributed by atoms with Gasteiger partial charge in [-0.3, -0.25) is 4.79 Å². The molecule has 1 fully saturated rings. The maximum absolute atomic E-state index is 12.7. The lowest BCUT2D eigenvalue weighted by Gasteiger charge is -2.34. The van der Waals surface area contributed by atoms with Gasteiger partial charge in [-0.2, -0.15) is 0 Å². The van der Waals surface area contributed by atoms with E-state index in [0.29, 0.717) is 6.42 Å². The first kappa shape index (κ1) is 18.6. The zero-order valence-corrected chi connectivity index (χ0v) is 17.7. The van der Waals surface area contributed by atoms with E-state index < -0.39 is 0 Å². The van der Waals surface area contributed by atoms with Gasteiger partial charge in [-0.15, -0.1) is 11.8 Å². The highest BCUT2D eigenvalue weighted by Gasteiger charge is 2.24. The summed E-state index contributed by atoms with van der Waals surface area (Å²) in [5, 5.41) is 1.04. The van der Waals surface area contributed by atoms with Crippen molar-refractivity contribution in [3.8, 4) is 11.5 Å². The number of thiazole rings is 1. The standard InChI is InChI=1S/C21H21N3O3S2/c1-28-15-3-4-16-19(12-15)29-21(22-16)24-8-6-23(7-9-24)20(25)11-14-2-5-17-18(10-14)27-13-26-17/h2-5,10,12H,6-9,11,13H2,1H3. The summed E-state index contributed by atoms with van der Waals surface area (Å²) in [6.45, 7) is 3.30. The number of nitrogens with zero attached hydrogens (tertiary/aromatic N) is 3. The van der Waals surface area contributed by atoms with E-state index in [4.69, 9.17) is 14.5 Å². The zero-order chi connectivity index (χ0) is 19.8. The second kappa shape index (κ2) is 7.76. The number of carbonyl (C=O) groups excluding carboxylic acids is 1. The fourth-order valence-electron chi connectivity index (χ4n) is 3.64. The molecule has 0 bridgehead atoms. The number of piperazine rings is 1. The Balaban J connectivity index is 1.21. The number of anilines is 1. The van der Waals surface area contributed by atoms with Crippen molar-refractivity contribution < 1.29 is 14.3 Å². The van der Waals surface area contributed by atoms with Crippen molar-refractivity contribution in [1.82, 2.24) is 9.88 Å². The number of hydrogen-bond donors (Lipinski definition) is 0. The summed E-state index contributed by atoms with van der Waals surface area (Å²) in [6.07, 6.45) is 2.47. The average Bonchev–Trinajstić information content (AvgIpc) is 3.39. The van der Waals surface area contributed by atoms with E-state index in [-0.39, 0.29) is 12.7 Å². The Hall–Kier alpha value is -2.45. The minimum atomic E-state index is 0.150. The largest absolute Gasteiger partial charge is 0.454 e. The molecule has 0 unspecified atom stereocenters. The van der Waals surface area contributed by atoms with Gasteiger partial charge >= 0.3 is 0 Å². The highest BCUT2D eigenvalue weighted by atomic mass is 32.2. The molecule has 1 amide bonds. The number of fused-ring (bicyclic) bond motifs is 2. The van der Waals surface area contributed by atoms with E-state index in [1.807, 2.05) is 23.1 Å². The first-order valence-corrected chi connectivity index (χ1v) is 11.6. The van der Waals surface area contributed by atoms with Crippen molar-refractivity contribution in [2.75, 3.05) is 44.1 Å². The molecule has 0 saturated carbocycles. The molecule has 5 rings (SSSR count). The Bertz CT molecular complexity index is 1060. The van der Waals surface area contributed by atoms with Gasteiger partial charge in [0.1, 0.15) is 0 Å². The maximum atomic E-state index is 12.7. The number of hydrogen-bond acceptors (Lipinski definition) is 7. The summed E-state index contributed by atoms with van der Waals surface area (Å²) in [4.78, 5) is 23.0. The van der Waals surface area contributed by atoms with Crippen LogP contribution in [0.25, 0.3) is 10.2 Å². The number of aromatic nitrogens is 1. The summed E-state index contributed by atoms with van der Waals surface area (Å²) in [5.41, 5.74) is 2.00. The first-order chi connectivity index (χ1) is 14.2. The Labute approximate surface area is 177 Å². The SMILES string of the molecule is CSc1ccc2nc(N3CCN(C(=O)Cc4ccc5c(c4)OCO5)CC3)sc2c1. The van der Waals surface area contributed by atoms with Crippen LogP contribution < -0.4 is 14.4 Å². The Morgan fingerprint density at radius 2 is 1.93 bits per heavy atom. The number of ether oxygens (including phenoxy) is 2. The molecule has 0 radical (unpaired) electrons. The fraction of sp³-hybridized carbons (Fsp3) is 0.333. The average molecular weight is 428 g/mol. The molecule has 1 aromatic heterocycles. The van der Waals surface area contributed by atoms with E-state index >= 15 is 0 Å². The van der Waals surface area contributed by atoms with Crippen LogP contribution in [0.15, 0.2) is 41.3 Å². The molecule has 0 atom stereocenters. The molecule has 2 aliphatic rings. The van der Waals surface area contributed by atoms with Crippen molar-refractivity contribution in [3.05, 3.63) is 42.0 Å². The van der Waals surface area contributed by atoms with Crippen LogP contribution in [0, 0.1) is 0 Å². The molecule has 3 aromatic rings. The van der Waals surface area contributed by atoms with Crippen molar-refractivity contribution in [2.24, 2.45) is 0 Å². The van der Waals surface area contributed by atoms with Gasteiger partial charge in [0, 0.05) is 31.1 Å². The van der Waals surface area contributed by atoms with Crippen LogP contribution in [0.5, 0.6) is 11.5 Å². The van der Waals surface area contributed by atoms with Crippen molar-refractivity contribution in [1.29, 1.82) is 0 Å². The molecule has 2 aliphatic heterocycles. The van der Waals surface area contributed by atoms with E-state index in [9.17, 15) is 4.79 Å². The van der Waals surface area contributed by atoms with Crippen LogP contribution >= 0.6 is 23.1 Å². The summed E-state index contributed by atoms with van der Waals surface area (Å²) >= 11 is 3.47. The summed E-state index contributed by atoms with van der Waals surface area (Å²) in [7, 11) is 0. The molecule has 0 spiro atoms. The molecule has 0 aliphatic carbocycles. The van der Waals surface area contributed by atoms with Crippen molar-refractivity contribution in [3.63, 3.8) is 0 Å². The number of carbonyl (C=O) groups is 1.